The second-order valence-electron chi connectivity index (χ2n) is 5.77. The van der Waals surface area contributed by atoms with Gasteiger partial charge in [-0.1, -0.05) is 30.3 Å². The van der Waals surface area contributed by atoms with Gasteiger partial charge >= 0.3 is 6.09 Å². The summed E-state index contributed by atoms with van der Waals surface area (Å²) >= 11 is 0. The maximum absolute atomic E-state index is 12.1. The molecule has 2 heterocycles. The number of nitrogens with zero attached hydrogens (tertiary/aromatic N) is 1. The van der Waals surface area contributed by atoms with E-state index in [0.717, 1.165) is 24.2 Å². The van der Waals surface area contributed by atoms with Gasteiger partial charge in [-0.25, -0.2) is 4.79 Å². The van der Waals surface area contributed by atoms with Gasteiger partial charge in [0.15, 0.2) is 0 Å². The summed E-state index contributed by atoms with van der Waals surface area (Å²) in [6, 6.07) is 9.86. The molecule has 1 N–H and O–H groups in total. The second-order valence-corrected chi connectivity index (χ2v) is 5.77. The van der Waals surface area contributed by atoms with Gasteiger partial charge < -0.3 is 14.2 Å². The number of likely N-dealkylation sites (tertiary alicyclic amines) is 1. The number of hydrogen-bond acceptors (Lipinski definition) is 4. The van der Waals surface area contributed by atoms with E-state index in [9.17, 15) is 9.59 Å². The number of H-pyrrole nitrogens is 1. The van der Waals surface area contributed by atoms with Crippen LogP contribution in [0, 0.1) is 0 Å². The number of aromatic amines is 1. The third-order valence-electron chi connectivity index (χ3n) is 4.35. The van der Waals surface area contributed by atoms with Gasteiger partial charge in [0.2, 0.25) is 0 Å². The van der Waals surface area contributed by atoms with Crippen molar-refractivity contribution in [2.24, 2.45) is 0 Å². The fourth-order valence-electron chi connectivity index (χ4n) is 3.09. The molecule has 6 nitrogen and oxygen atoms in total. The number of piperidine rings is 1. The molecule has 1 aromatic carbocycles. The highest BCUT2D eigenvalue weighted by molar-refractivity contribution is 5.67. The normalized spacial score (nSPS) is 15.6. The van der Waals surface area contributed by atoms with Crippen LogP contribution >= 0.6 is 0 Å². The Kier molecular flexibility index (Phi) is 4.50. The largest absolute Gasteiger partial charge is 0.453 e. The third-order valence-corrected chi connectivity index (χ3v) is 4.35. The Morgan fingerprint density at radius 2 is 2.00 bits per heavy atom. The summed E-state index contributed by atoms with van der Waals surface area (Å²) in [5.41, 5.74) is 1.60. The fraction of sp³-hybridized carbons (Fsp3) is 0.412. The van der Waals surface area contributed by atoms with Crippen LogP contribution in [0.3, 0.4) is 0 Å². The zero-order valence-corrected chi connectivity index (χ0v) is 13.1. The SMILES string of the molecule is COC(=O)N1CCC(c2o[nH]c(=O)c2Cc2ccccc2)CC1. The fourth-order valence-corrected chi connectivity index (χ4v) is 3.09. The molecular formula is C17H20N2O4. The summed E-state index contributed by atoms with van der Waals surface area (Å²) in [4.78, 5) is 25.3. The Balaban J connectivity index is 1.75. The van der Waals surface area contributed by atoms with E-state index in [1.165, 1.54) is 7.11 Å². The van der Waals surface area contributed by atoms with E-state index < -0.39 is 0 Å². The molecule has 0 unspecified atom stereocenters. The first-order valence-electron chi connectivity index (χ1n) is 7.76. The monoisotopic (exact) mass is 316 g/mol. The average Bonchev–Trinajstić information content (AvgIpc) is 2.96. The standard InChI is InChI=1S/C17H20N2O4/c1-22-17(21)19-9-7-13(8-10-19)15-14(16(20)18-23-15)11-12-5-3-2-4-6-12/h2-6,13H,7-11H2,1H3,(H,18,20). The van der Waals surface area contributed by atoms with Crippen LogP contribution in [0.5, 0.6) is 0 Å². The van der Waals surface area contributed by atoms with Gasteiger partial charge in [0.1, 0.15) is 5.76 Å². The van der Waals surface area contributed by atoms with Gasteiger partial charge in [0.05, 0.1) is 12.7 Å². The lowest BCUT2D eigenvalue weighted by Gasteiger charge is -2.30. The molecule has 0 radical (unpaired) electrons. The minimum atomic E-state index is -0.302. The van der Waals surface area contributed by atoms with Crippen LogP contribution in [0.4, 0.5) is 4.79 Å². The number of methoxy groups -OCH3 is 1. The number of rotatable bonds is 3. The summed E-state index contributed by atoms with van der Waals surface area (Å²) in [5.74, 6) is 0.872. The van der Waals surface area contributed by atoms with Crippen molar-refractivity contribution in [3.05, 3.63) is 57.6 Å². The highest BCUT2D eigenvalue weighted by atomic mass is 16.5. The molecule has 1 aliphatic heterocycles. The van der Waals surface area contributed by atoms with Crippen molar-refractivity contribution in [2.45, 2.75) is 25.2 Å². The van der Waals surface area contributed by atoms with E-state index >= 15 is 0 Å². The summed E-state index contributed by atoms with van der Waals surface area (Å²) in [6.45, 7) is 1.22. The van der Waals surface area contributed by atoms with Crippen LogP contribution in [-0.4, -0.2) is 36.3 Å². The minimum absolute atomic E-state index is 0.147. The van der Waals surface area contributed by atoms with E-state index in [1.54, 1.807) is 4.90 Å². The van der Waals surface area contributed by atoms with Crippen LogP contribution in [0.25, 0.3) is 0 Å². The first-order chi connectivity index (χ1) is 11.2. The van der Waals surface area contributed by atoms with Crippen molar-refractivity contribution in [2.75, 3.05) is 20.2 Å². The lowest BCUT2D eigenvalue weighted by Crippen LogP contribution is -2.37. The average molecular weight is 316 g/mol. The molecule has 1 fully saturated rings. The Morgan fingerprint density at radius 1 is 1.30 bits per heavy atom. The van der Waals surface area contributed by atoms with Crippen molar-refractivity contribution < 1.29 is 14.1 Å². The van der Waals surface area contributed by atoms with Crippen molar-refractivity contribution in [3.8, 4) is 0 Å². The molecule has 1 aliphatic rings. The van der Waals surface area contributed by atoms with Crippen LogP contribution in [-0.2, 0) is 11.2 Å². The first-order valence-corrected chi connectivity index (χ1v) is 7.76. The lowest BCUT2D eigenvalue weighted by molar-refractivity contribution is 0.110. The van der Waals surface area contributed by atoms with Crippen LogP contribution in [0.2, 0.25) is 0 Å². The molecule has 0 spiro atoms. The maximum Gasteiger partial charge on any atom is 0.409 e. The molecule has 2 aromatic rings. The Hall–Kier alpha value is -2.50. The minimum Gasteiger partial charge on any atom is -0.453 e. The van der Waals surface area contributed by atoms with Crippen molar-refractivity contribution in [1.82, 2.24) is 10.1 Å². The molecule has 0 aliphatic carbocycles. The van der Waals surface area contributed by atoms with E-state index in [4.69, 9.17) is 9.26 Å². The number of hydrogen-bond donors (Lipinski definition) is 1. The molecule has 3 rings (SSSR count). The second kappa shape index (κ2) is 6.73. The molecule has 0 saturated carbocycles. The summed E-state index contributed by atoms with van der Waals surface area (Å²) in [5, 5.41) is 2.46. The highest BCUT2D eigenvalue weighted by Gasteiger charge is 2.29. The third kappa shape index (κ3) is 3.31. The molecule has 23 heavy (non-hydrogen) atoms. The number of aromatic nitrogens is 1. The van der Waals surface area contributed by atoms with E-state index in [-0.39, 0.29) is 17.6 Å². The summed E-state index contributed by atoms with van der Waals surface area (Å²) in [6.07, 6.45) is 1.78. The van der Waals surface area contributed by atoms with Crippen LogP contribution in [0.15, 0.2) is 39.6 Å². The number of ether oxygens (including phenoxy) is 1. The molecular weight excluding hydrogens is 296 g/mol. The Bertz CT molecular complexity index is 712. The zero-order chi connectivity index (χ0) is 16.2. The van der Waals surface area contributed by atoms with Crippen molar-refractivity contribution >= 4 is 6.09 Å². The van der Waals surface area contributed by atoms with Crippen LogP contribution in [0.1, 0.15) is 35.6 Å². The molecule has 122 valence electrons. The number of carbonyl (C=O) groups excluding carboxylic acids is 1. The van der Waals surface area contributed by atoms with E-state index in [0.29, 0.717) is 25.1 Å². The molecule has 1 amide bonds. The van der Waals surface area contributed by atoms with Gasteiger partial charge in [-0.2, -0.15) is 5.16 Å². The van der Waals surface area contributed by atoms with Gasteiger partial charge in [0.25, 0.3) is 5.56 Å². The number of benzene rings is 1. The predicted molar refractivity (Wildman–Crippen MR) is 84.5 cm³/mol. The smallest absolute Gasteiger partial charge is 0.409 e. The topological polar surface area (TPSA) is 75.5 Å². The van der Waals surface area contributed by atoms with Gasteiger partial charge in [-0.05, 0) is 18.4 Å². The van der Waals surface area contributed by atoms with Gasteiger partial charge in [0, 0.05) is 25.4 Å². The number of amides is 1. The quantitative estimate of drug-likeness (QED) is 0.944. The Labute approximate surface area is 134 Å². The molecule has 0 atom stereocenters. The van der Waals surface area contributed by atoms with Crippen LogP contribution < -0.4 is 5.56 Å². The molecule has 1 saturated heterocycles. The summed E-state index contributed by atoms with van der Waals surface area (Å²) < 4.78 is 10.2. The van der Waals surface area contributed by atoms with E-state index in [1.807, 2.05) is 30.3 Å². The first kappa shape index (κ1) is 15.4. The number of nitrogens with one attached hydrogen (secondary N) is 1. The van der Waals surface area contributed by atoms with Crippen molar-refractivity contribution in [3.63, 3.8) is 0 Å². The van der Waals surface area contributed by atoms with Crippen molar-refractivity contribution in [1.29, 1.82) is 0 Å². The molecule has 0 bridgehead atoms. The lowest BCUT2D eigenvalue weighted by atomic mass is 9.90. The molecule has 6 heteroatoms. The van der Waals surface area contributed by atoms with Gasteiger partial charge in [-0.3, -0.25) is 4.79 Å². The van der Waals surface area contributed by atoms with Gasteiger partial charge in [-0.15, -0.1) is 0 Å². The highest BCUT2D eigenvalue weighted by Crippen LogP contribution is 2.30. The summed E-state index contributed by atoms with van der Waals surface area (Å²) in [7, 11) is 1.39. The van der Waals surface area contributed by atoms with E-state index in [2.05, 4.69) is 5.16 Å². The number of carbonyl (C=O) groups is 1. The molecule has 1 aromatic heterocycles. The zero-order valence-electron chi connectivity index (χ0n) is 13.1. The Morgan fingerprint density at radius 3 is 2.65 bits per heavy atom. The predicted octanol–water partition coefficient (Wildman–Crippen LogP) is 2.50. The maximum atomic E-state index is 12.1.